The third kappa shape index (κ3) is 2.96. The maximum Gasteiger partial charge on any atom is 0.404 e. The molecule has 1 aliphatic rings. The van der Waals surface area contributed by atoms with Crippen LogP contribution in [0.25, 0.3) is 0 Å². The maximum absolute atomic E-state index is 12.5. The van der Waals surface area contributed by atoms with Crippen LogP contribution in [0.4, 0.5) is 13.2 Å². The molecule has 0 aromatic carbocycles. The summed E-state index contributed by atoms with van der Waals surface area (Å²) in [7, 11) is 3.62. The Balaban J connectivity index is 2.83. The highest BCUT2D eigenvalue weighted by atomic mass is 32.2. The molecule has 0 radical (unpaired) electrons. The van der Waals surface area contributed by atoms with E-state index in [1.165, 1.54) is 12.3 Å². The van der Waals surface area contributed by atoms with Crippen molar-refractivity contribution >= 4 is 11.8 Å². The molecule has 1 fully saturated rings. The number of thioether (sulfide) groups is 1. The van der Waals surface area contributed by atoms with Gasteiger partial charge in [0.15, 0.2) is 0 Å². The van der Waals surface area contributed by atoms with Crippen LogP contribution in [0.3, 0.4) is 0 Å². The topological polar surface area (TPSA) is 6.48 Å². The molecule has 1 unspecified atom stereocenters. The largest absolute Gasteiger partial charge is 0.404 e. The van der Waals surface area contributed by atoms with Crippen molar-refractivity contribution in [2.24, 2.45) is 0 Å². The van der Waals surface area contributed by atoms with Gasteiger partial charge >= 0.3 is 6.18 Å². The van der Waals surface area contributed by atoms with Crippen LogP contribution in [0, 0.1) is 0 Å². The summed E-state index contributed by atoms with van der Waals surface area (Å²) in [4.78, 5) is 3.68. The predicted molar refractivity (Wildman–Crippen MR) is 56.7 cm³/mol. The number of alkyl halides is 3. The lowest BCUT2D eigenvalue weighted by Gasteiger charge is -2.21. The Hall–Kier alpha value is -0.520. The van der Waals surface area contributed by atoms with Gasteiger partial charge in [-0.25, -0.2) is 0 Å². The molecule has 6 heteroatoms. The molecule has 0 aromatic heterocycles. The second-order valence-corrected chi connectivity index (χ2v) is 4.55. The van der Waals surface area contributed by atoms with Crippen molar-refractivity contribution < 1.29 is 13.2 Å². The van der Waals surface area contributed by atoms with Crippen molar-refractivity contribution in [1.29, 1.82) is 0 Å². The molecule has 1 heterocycles. The van der Waals surface area contributed by atoms with E-state index in [1.54, 1.807) is 0 Å². The van der Waals surface area contributed by atoms with Crippen LogP contribution in [0.5, 0.6) is 0 Å². The zero-order chi connectivity index (χ0) is 11.6. The molecule has 0 N–H and O–H groups in total. The molecule has 1 saturated heterocycles. The highest BCUT2D eigenvalue weighted by molar-refractivity contribution is 7.99. The number of hydrogen-bond acceptors (Lipinski definition) is 3. The Morgan fingerprint density at radius 1 is 1.27 bits per heavy atom. The third-order valence-electron chi connectivity index (χ3n) is 2.43. The molecule has 15 heavy (non-hydrogen) atoms. The summed E-state index contributed by atoms with van der Waals surface area (Å²) in [6.07, 6.45) is -1.40. The van der Waals surface area contributed by atoms with Crippen LogP contribution in [0.1, 0.15) is 0 Å². The Bertz CT molecular complexity index is 240. The molecule has 0 amide bonds. The summed E-state index contributed by atoms with van der Waals surface area (Å²) < 4.78 is 37.6. The van der Waals surface area contributed by atoms with Gasteiger partial charge in [-0.3, -0.25) is 0 Å². The fourth-order valence-electron chi connectivity index (χ4n) is 1.51. The van der Waals surface area contributed by atoms with E-state index in [0.717, 1.165) is 24.9 Å². The molecule has 0 spiro atoms. The quantitative estimate of drug-likeness (QED) is 0.729. The Morgan fingerprint density at radius 3 is 2.07 bits per heavy atom. The summed E-state index contributed by atoms with van der Waals surface area (Å²) in [5, 5.41) is -1.42. The first-order chi connectivity index (χ1) is 6.86. The Morgan fingerprint density at radius 2 is 1.73 bits per heavy atom. The number of hydrogen-bond donors (Lipinski definition) is 0. The minimum atomic E-state index is -4.17. The van der Waals surface area contributed by atoms with E-state index in [4.69, 9.17) is 0 Å². The van der Waals surface area contributed by atoms with E-state index in [9.17, 15) is 13.2 Å². The van der Waals surface area contributed by atoms with Crippen molar-refractivity contribution in [3.8, 4) is 0 Å². The maximum atomic E-state index is 12.5. The SMILES string of the molecule is CSC(C=C1N(C)CCN1C)C(F)(F)F. The van der Waals surface area contributed by atoms with Crippen LogP contribution in [-0.2, 0) is 0 Å². The second-order valence-electron chi connectivity index (χ2n) is 3.57. The van der Waals surface area contributed by atoms with Crippen molar-refractivity contribution in [2.45, 2.75) is 11.4 Å². The van der Waals surface area contributed by atoms with E-state index in [0.29, 0.717) is 5.82 Å². The fraction of sp³-hybridized carbons (Fsp3) is 0.778. The minimum absolute atomic E-state index is 0.659. The van der Waals surface area contributed by atoms with Gasteiger partial charge in [-0.1, -0.05) is 0 Å². The smallest absolute Gasteiger partial charge is 0.360 e. The van der Waals surface area contributed by atoms with Crippen molar-refractivity contribution in [2.75, 3.05) is 33.4 Å². The molecule has 0 saturated carbocycles. The fourth-order valence-corrected chi connectivity index (χ4v) is 2.03. The second kappa shape index (κ2) is 4.55. The van der Waals surface area contributed by atoms with Gasteiger partial charge in [-0.2, -0.15) is 13.2 Å². The zero-order valence-electron chi connectivity index (χ0n) is 9.01. The van der Waals surface area contributed by atoms with Gasteiger partial charge in [0.05, 0.1) is 0 Å². The molecule has 88 valence electrons. The van der Waals surface area contributed by atoms with Gasteiger partial charge < -0.3 is 9.80 Å². The summed E-state index contributed by atoms with van der Waals surface area (Å²) >= 11 is 0.813. The van der Waals surface area contributed by atoms with Gasteiger partial charge in [-0.05, 0) is 12.3 Å². The van der Waals surface area contributed by atoms with Crippen LogP contribution in [0.2, 0.25) is 0 Å². The lowest BCUT2D eigenvalue weighted by Crippen LogP contribution is -2.27. The van der Waals surface area contributed by atoms with Crippen LogP contribution in [-0.4, -0.2) is 54.7 Å². The Kier molecular flexibility index (Phi) is 3.81. The zero-order valence-corrected chi connectivity index (χ0v) is 9.82. The molecule has 2 nitrogen and oxygen atoms in total. The lowest BCUT2D eigenvalue weighted by molar-refractivity contribution is -0.120. The van der Waals surface area contributed by atoms with E-state index in [-0.39, 0.29) is 0 Å². The number of rotatable bonds is 2. The van der Waals surface area contributed by atoms with Crippen LogP contribution >= 0.6 is 11.8 Å². The standard InChI is InChI=1S/C9H15F3N2S/c1-13-4-5-14(2)8(13)6-7(15-3)9(10,11)12/h6-7H,4-5H2,1-3H3. The predicted octanol–water partition coefficient (Wildman–Crippen LogP) is 2.00. The molecule has 1 aliphatic heterocycles. The molecule has 1 rings (SSSR count). The van der Waals surface area contributed by atoms with E-state index < -0.39 is 11.4 Å². The number of likely N-dealkylation sites (N-methyl/N-ethyl adjacent to an activating group) is 2. The minimum Gasteiger partial charge on any atom is -0.360 e. The van der Waals surface area contributed by atoms with Crippen molar-refractivity contribution in [1.82, 2.24) is 9.80 Å². The van der Waals surface area contributed by atoms with Gasteiger partial charge in [-0.15, -0.1) is 11.8 Å². The first-order valence-corrected chi connectivity index (χ1v) is 5.88. The highest BCUT2D eigenvalue weighted by Gasteiger charge is 2.38. The van der Waals surface area contributed by atoms with Gasteiger partial charge in [0.2, 0.25) is 0 Å². The highest BCUT2D eigenvalue weighted by Crippen LogP contribution is 2.31. The first kappa shape index (κ1) is 12.5. The summed E-state index contributed by atoms with van der Waals surface area (Å²) in [5.74, 6) is 0.659. The van der Waals surface area contributed by atoms with Crippen molar-refractivity contribution in [3.63, 3.8) is 0 Å². The summed E-state index contributed by atoms with van der Waals surface area (Å²) in [6, 6.07) is 0. The summed E-state index contributed by atoms with van der Waals surface area (Å²) in [6.45, 7) is 1.56. The molecular formula is C9H15F3N2S. The average Bonchev–Trinajstić information content (AvgIpc) is 2.41. The molecule has 1 atom stereocenters. The number of nitrogens with zero attached hydrogens (tertiary/aromatic N) is 2. The summed E-state index contributed by atoms with van der Waals surface area (Å²) in [5.41, 5.74) is 0. The molecular weight excluding hydrogens is 225 g/mol. The molecule has 0 aromatic rings. The van der Waals surface area contributed by atoms with E-state index >= 15 is 0 Å². The van der Waals surface area contributed by atoms with E-state index in [1.807, 2.05) is 23.9 Å². The molecule has 0 bridgehead atoms. The lowest BCUT2D eigenvalue weighted by atomic mass is 10.3. The van der Waals surface area contributed by atoms with Gasteiger partial charge in [0, 0.05) is 27.2 Å². The van der Waals surface area contributed by atoms with E-state index in [2.05, 4.69) is 0 Å². The molecule has 0 aliphatic carbocycles. The van der Waals surface area contributed by atoms with Crippen LogP contribution in [0.15, 0.2) is 11.9 Å². The average molecular weight is 240 g/mol. The van der Waals surface area contributed by atoms with Crippen molar-refractivity contribution in [3.05, 3.63) is 11.9 Å². The van der Waals surface area contributed by atoms with Gasteiger partial charge in [0.25, 0.3) is 0 Å². The third-order valence-corrected chi connectivity index (χ3v) is 3.34. The first-order valence-electron chi connectivity index (χ1n) is 4.60. The van der Waals surface area contributed by atoms with Crippen LogP contribution < -0.4 is 0 Å². The monoisotopic (exact) mass is 240 g/mol. The number of halogens is 3. The van der Waals surface area contributed by atoms with Gasteiger partial charge in [0.1, 0.15) is 11.1 Å². The normalized spacial score (nSPS) is 19.7. The Labute approximate surface area is 92.1 Å².